The van der Waals surface area contributed by atoms with Gasteiger partial charge in [-0.05, 0) is 6.42 Å². The number of aliphatic carboxylic acids is 1. The number of unbranched alkanes of at least 4 members (excludes halogenated alkanes) is 1. The van der Waals surface area contributed by atoms with Crippen molar-refractivity contribution in [3.8, 4) is 0 Å². The number of rotatable bonds is 3. The van der Waals surface area contributed by atoms with Gasteiger partial charge in [0.25, 0.3) is 0 Å². The number of nitrogens with zero attached hydrogens (tertiary/aromatic N) is 1. The van der Waals surface area contributed by atoms with Crippen LogP contribution in [0.4, 0.5) is 13.2 Å². The van der Waals surface area contributed by atoms with E-state index in [-0.39, 0.29) is 0 Å². The van der Waals surface area contributed by atoms with Crippen LogP contribution in [0.25, 0.3) is 0 Å². The molecule has 0 amide bonds. The summed E-state index contributed by atoms with van der Waals surface area (Å²) >= 11 is 0. The van der Waals surface area contributed by atoms with Crippen molar-refractivity contribution >= 4 is 5.97 Å². The van der Waals surface area contributed by atoms with E-state index < -0.39 is 12.1 Å². The summed E-state index contributed by atoms with van der Waals surface area (Å²) in [6.07, 6.45) is -2.53. The molecular formula is C9H18F3NO2. The standard InChI is InChI=1S/C7H18N.C2HF3O2/c1-5-6-7-8(2,3)4;3-2(4,5)1(6)7/h5-7H2,1-4H3;(H,6,7)/q+1;/p-1. The smallest absolute Gasteiger partial charge is 0.430 e. The molecule has 3 nitrogen and oxygen atoms in total. The lowest BCUT2D eigenvalue weighted by Gasteiger charge is -2.23. The van der Waals surface area contributed by atoms with Crippen LogP contribution in [-0.4, -0.2) is 44.3 Å². The number of halogens is 3. The molecule has 0 spiro atoms. The fourth-order valence-corrected chi connectivity index (χ4v) is 0.632. The van der Waals surface area contributed by atoms with Crippen LogP contribution in [0.5, 0.6) is 0 Å². The van der Waals surface area contributed by atoms with Gasteiger partial charge in [0.05, 0.1) is 27.7 Å². The number of carboxylic acid groups (broad SMARTS) is 1. The molecule has 0 bridgehead atoms. The Morgan fingerprint density at radius 2 is 1.60 bits per heavy atom. The summed E-state index contributed by atoms with van der Waals surface area (Å²) in [5.41, 5.74) is 0. The summed E-state index contributed by atoms with van der Waals surface area (Å²) in [5, 5.41) is 8.78. The summed E-state index contributed by atoms with van der Waals surface area (Å²) in [4.78, 5) is 8.78. The predicted molar refractivity (Wildman–Crippen MR) is 48.9 cm³/mol. The van der Waals surface area contributed by atoms with Crippen molar-refractivity contribution in [3.05, 3.63) is 0 Å². The molecule has 6 heteroatoms. The third kappa shape index (κ3) is 15.9. The minimum atomic E-state index is -5.19. The van der Waals surface area contributed by atoms with Gasteiger partial charge in [0.2, 0.25) is 0 Å². The van der Waals surface area contributed by atoms with E-state index in [4.69, 9.17) is 9.90 Å². The first-order valence-electron chi connectivity index (χ1n) is 4.59. The minimum Gasteiger partial charge on any atom is -0.542 e. The Kier molecular flexibility index (Phi) is 7.39. The SMILES string of the molecule is CCCC[N+](C)(C)C.O=C([O-])C(F)(F)F. The molecule has 0 saturated carbocycles. The van der Waals surface area contributed by atoms with Crippen LogP contribution in [0, 0.1) is 0 Å². The van der Waals surface area contributed by atoms with Crippen molar-refractivity contribution < 1.29 is 27.6 Å². The molecule has 0 rings (SSSR count). The summed E-state index contributed by atoms with van der Waals surface area (Å²) < 4.78 is 32.7. The van der Waals surface area contributed by atoms with Crippen molar-refractivity contribution in [2.24, 2.45) is 0 Å². The number of quaternary nitrogens is 1. The molecule has 0 fully saturated rings. The van der Waals surface area contributed by atoms with E-state index in [1.165, 1.54) is 19.4 Å². The first-order valence-corrected chi connectivity index (χ1v) is 4.59. The van der Waals surface area contributed by atoms with Gasteiger partial charge in [-0.15, -0.1) is 0 Å². The lowest BCUT2D eigenvalue weighted by atomic mass is 10.3. The topological polar surface area (TPSA) is 40.1 Å². The van der Waals surface area contributed by atoms with Crippen molar-refractivity contribution in [3.63, 3.8) is 0 Å². The quantitative estimate of drug-likeness (QED) is 0.671. The van der Waals surface area contributed by atoms with Gasteiger partial charge in [-0.1, -0.05) is 13.3 Å². The molecule has 0 aliphatic rings. The fraction of sp³-hybridized carbons (Fsp3) is 0.889. The summed E-state index contributed by atoms with van der Waals surface area (Å²) in [7, 11) is 6.70. The summed E-state index contributed by atoms with van der Waals surface area (Å²) in [5.74, 6) is -3.01. The van der Waals surface area contributed by atoms with Crippen molar-refractivity contribution in [2.75, 3.05) is 27.7 Å². The van der Waals surface area contributed by atoms with Crippen LogP contribution in [0.15, 0.2) is 0 Å². The lowest BCUT2D eigenvalue weighted by Crippen LogP contribution is -2.37. The number of hydrogen-bond donors (Lipinski definition) is 0. The maximum atomic E-state index is 10.5. The largest absolute Gasteiger partial charge is 0.542 e. The van der Waals surface area contributed by atoms with Crippen LogP contribution in [0.2, 0.25) is 0 Å². The number of alkyl halides is 3. The average molecular weight is 229 g/mol. The Labute approximate surface area is 88.1 Å². The van der Waals surface area contributed by atoms with Gasteiger partial charge >= 0.3 is 6.18 Å². The number of hydrogen-bond acceptors (Lipinski definition) is 2. The molecule has 92 valence electrons. The normalized spacial score (nSPS) is 11.7. The van der Waals surface area contributed by atoms with Gasteiger partial charge in [-0.25, -0.2) is 0 Å². The third-order valence-corrected chi connectivity index (χ3v) is 1.41. The average Bonchev–Trinajstić information content (AvgIpc) is 1.98. The van der Waals surface area contributed by atoms with Crippen molar-refractivity contribution in [1.29, 1.82) is 0 Å². The van der Waals surface area contributed by atoms with Gasteiger partial charge in [0.15, 0.2) is 0 Å². The molecule has 0 heterocycles. The van der Waals surface area contributed by atoms with E-state index in [0.717, 1.165) is 4.48 Å². The zero-order valence-electron chi connectivity index (χ0n) is 9.52. The molecule has 0 radical (unpaired) electrons. The van der Waals surface area contributed by atoms with Crippen LogP contribution in [0.3, 0.4) is 0 Å². The molecule has 15 heavy (non-hydrogen) atoms. The first kappa shape index (κ1) is 16.6. The van der Waals surface area contributed by atoms with E-state index in [2.05, 4.69) is 28.1 Å². The zero-order valence-corrected chi connectivity index (χ0v) is 9.52. The highest BCUT2D eigenvalue weighted by molar-refractivity contribution is 5.70. The summed E-state index contributed by atoms with van der Waals surface area (Å²) in [6, 6.07) is 0. The Balaban J connectivity index is 0. The minimum absolute atomic E-state index is 1.10. The Bertz CT molecular complexity index is 185. The first-order chi connectivity index (χ1) is 6.50. The van der Waals surface area contributed by atoms with Crippen LogP contribution < -0.4 is 5.11 Å². The van der Waals surface area contributed by atoms with Gasteiger partial charge < -0.3 is 14.4 Å². The lowest BCUT2D eigenvalue weighted by molar-refractivity contribution is -0.870. The zero-order chi connectivity index (χ0) is 12.7. The van der Waals surface area contributed by atoms with Crippen LogP contribution in [0.1, 0.15) is 19.8 Å². The highest BCUT2D eigenvalue weighted by atomic mass is 19.4. The number of carbonyl (C=O) groups is 1. The van der Waals surface area contributed by atoms with E-state index in [1.54, 1.807) is 0 Å². The van der Waals surface area contributed by atoms with Crippen molar-refractivity contribution in [1.82, 2.24) is 0 Å². The molecule has 0 N–H and O–H groups in total. The molecule has 0 atom stereocenters. The van der Waals surface area contributed by atoms with Gasteiger partial charge in [0.1, 0.15) is 5.97 Å². The molecular weight excluding hydrogens is 211 g/mol. The van der Waals surface area contributed by atoms with Crippen molar-refractivity contribution in [2.45, 2.75) is 25.9 Å². The second-order valence-electron chi connectivity index (χ2n) is 4.15. The van der Waals surface area contributed by atoms with Gasteiger partial charge in [-0.3, -0.25) is 0 Å². The molecule has 0 aromatic rings. The van der Waals surface area contributed by atoms with Crippen LogP contribution >= 0.6 is 0 Å². The Hall–Kier alpha value is -0.780. The highest BCUT2D eigenvalue weighted by Gasteiger charge is 2.28. The molecule has 0 aliphatic carbocycles. The van der Waals surface area contributed by atoms with E-state index in [1.807, 2.05) is 0 Å². The van der Waals surface area contributed by atoms with Gasteiger partial charge in [-0.2, -0.15) is 13.2 Å². The Morgan fingerprint density at radius 1 is 1.27 bits per heavy atom. The maximum Gasteiger partial charge on any atom is 0.430 e. The van der Waals surface area contributed by atoms with E-state index in [9.17, 15) is 13.2 Å². The molecule has 0 aliphatic heterocycles. The fourth-order valence-electron chi connectivity index (χ4n) is 0.632. The third-order valence-electron chi connectivity index (χ3n) is 1.41. The molecule has 0 unspecified atom stereocenters. The second kappa shape index (κ2) is 6.66. The molecule has 0 saturated heterocycles. The van der Waals surface area contributed by atoms with Gasteiger partial charge in [0, 0.05) is 0 Å². The molecule has 0 aromatic carbocycles. The highest BCUT2D eigenvalue weighted by Crippen LogP contribution is 2.11. The maximum absolute atomic E-state index is 10.5. The monoisotopic (exact) mass is 229 g/mol. The number of carbonyl (C=O) groups excluding carboxylic acids is 1. The van der Waals surface area contributed by atoms with Crippen LogP contribution in [-0.2, 0) is 4.79 Å². The number of carboxylic acids is 1. The summed E-state index contributed by atoms with van der Waals surface area (Å²) in [6.45, 7) is 3.53. The molecule has 0 aromatic heterocycles. The second-order valence-corrected chi connectivity index (χ2v) is 4.15. The predicted octanol–water partition coefficient (Wildman–Crippen LogP) is 0.791. The Morgan fingerprint density at radius 3 is 1.67 bits per heavy atom. The van der Waals surface area contributed by atoms with E-state index >= 15 is 0 Å². The van der Waals surface area contributed by atoms with E-state index in [0.29, 0.717) is 0 Å².